The van der Waals surface area contributed by atoms with Crippen molar-refractivity contribution in [1.82, 2.24) is 14.6 Å². The summed E-state index contributed by atoms with van der Waals surface area (Å²) in [6.07, 6.45) is 6.04. The van der Waals surface area contributed by atoms with Crippen LogP contribution in [0.2, 0.25) is 0 Å². The molecule has 1 aliphatic rings. The number of rotatable bonds is 2. The Labute approximate surface area is 112 Å². The van der Waals surface area contributed by atoms with E-state index in [2.05, 4.69) is 21.9 Å². The number of halogens is 1. The number of nitrogens with zero attached hydrogens (tertiary/aromatic N) is 4. The highest BCUT2D eigenvalue weighted by atomic mass is 35.5. The lowest BCUT2D eigenvalue weighted by Crippen LogP contribution is -2.36. The van der Waals surface area contributed by atoms with E-state index in [1.807, 2.05) is 18.3 Å². The summed E-state index contributed by atoms with van der Waals surface area (Å²) in [5.74, 6) is 1.69. The average Bonchev–Trinajstić information content (AvgIpc) is 2.86. The van der Waals surface area contributed by atoms with Crippen LogP contribution in [0.1, 0.15) is 19.8 Å². The number of alkyl halides is 1. The molecule has 2 aromatic heterocycles. The summed E-state index contributed by atoms with van der Waals surface area (Å²) in [6, 6.07) is 3.96. The summed E-state index contributed by atoms with van der Waals surface area (Å²) in [7, 11) is 0. The Kier molecular flexibility index (Phi) is 3.12. The molecule has 0 N–H and O–H groups in total. The van der Waals surface area contributed by atoms with E-state index in [-0.39, 0.29) is 5.38 Å². The van der Waals surface area contributed by atoms with Gasteiger partial charge in [0.1, 0.15) is 5.82 Å². The van der Waals surface area contributed by atoms with Gasteiger partial charge in [0.25, 0.3) is 0 Å². The molecule has 0 saturated carbocycles. The molecule has 1 atom stereocenters. The van der Waals surface area contributed by atoms with E-state index in [0.717, 1.165) is 37.4 Å². The highest BCUT2D eigenvalue weighted by Crippen LogP contribution is 2.26. The maximum absolute atomic E-state index is 6.17. The first-order chi connectivity index (χ1) is 8.74. The van der Waals surface area contributed by atoms with E-state index >= 15 is 0 Å². The Bertz CT molecular complexity index is 529. The lowest BCUT2D eigenvalue weighted by Gasteiger charge is -2.33. The first-order valence-electron chi connectivity index (χ1n) is 6.43. The number of aromatic nitrogens is 3. The highest BCUT2D eigenvalue weighted by Gasteiger charge is 2.23. The van der Waals surface area contributed by atoms with Gasteiger partial charge in [-0.15, -0.1) is 11.6 Å². The fourth-order valence-corrected chi connectivity index (χ4v) is 2.82. The van der Waals surface area contributed by atoms with Crippen LogP contribution < -0.4 is 4.90 Å². The van der Waals surface area contributed by atoms with Gasteiger partial charge in [0.15, 0.2) is 5.65 Å². The first kappa shape index (κ1) is 11.8. The summed E-state index contributed by atoms with van der Waals surface area (Å²) in [6.45, 7) is 4.18. The molecule has 1 aliphatic heterocycles. The third-order valence-electron chi connectivity index (χ3n) is 3.76. The maximum atomic E-state index is 6.17. The molecule has 3 heterocycles. The van der Waals surface area contributed by atoms with Crippen LogP contribution in [-0.4, -0.2) is 33.1 Å². The van der Waals surface area contributed by atoms with Crippen LogP contribution in [0, 0.1) is 5.92 Å². The second-order valence-corrected chi connectivity index (χ2v) is 5.61. The van der Waals surface area contributed by atoms with E-state index in [9.17, 15) is 0 Å². The molecule has 1 fully saturated rings. The zero-order chi connectivity index (χ0) is 12.5. The fourth-order valence-electron chi connectivity index (χ4n) is 2.57. The van der Waals surface area contributed by atoms with Gasteiger partial charge < -0.3 is 4.90 Å². The summed E-state index contributed by atoms with van der Waals surface area (Å²) in [5.41, 5.74) is 0.903. The second kappa shape index (κ2) is 4.76. The molecule has 4 nitrogen and oxygen atoms in total. The van der Waals surface area contributed by atoms with Crippen LogP contribution in [0.5, 0.6) is 0 Å². The molecule has 0 radical (unpaired) electrons. The zero-order valence-corrected chi connectivity index (χ0v) is 11.2. The smallest absolute Gasteiger partial charge is 0.157 e. The minimum atomic E-state index is 0.275. The van der Waals surface area contributed by atoms with Crippen LogP contribution in [0.3, 0.4) is 0 Å². The van der Waals surface area contributed by atoms with Crippen molar-refractivity contribution in [1.29, 1.82) is 0 Å². The molecule has 0 spiro atoms. The molecule has 0 amide bonds. The average molecular weight is 265 g/mol. The first-order valence-corrected chi connectivity index (χ1v) is 6.87. The number of fused-ring (bicyclic) bond motifs is 1. The Morgan fingerprint density at radius 1 is 1.33 bits per heavy atom. The SMILES string of the molecule is CC(Cl)C1CCN(c2ccn3nccc3n2)CC1. The van der Waals surface area contributed by atoms with Crippen LogP contribution in [0.15, 0.2) is 24.5 Å². The van der Waals surface area contributed by atoms with E-state index in [1.165, 1.54) is 0 Å². The summed E-state index contributed by atoms with van der Waals surface area (Å²) in [4.78, 5) is 6.96. The van der Waals surface area contributed by atoms with Crippen molar-refractivity contribution in [2.75, 3.05) is 18.0 Å². The molecular weight excluding hydrogens is 248 g/mol. The van der Waals surface area contributed by atoms with Gasteiger partial charge in [-0.1, -0.05) is 0 Å². The van der Waals surface area contributed by atoms with Crippen molar-refractivity contribution < 1.29 is 0 Å². The van der Waals surface area contributed by atoms with Crippen molar-refractivity contribution in [3.63, 3.8) is 0 Å². The Morgan fingerprint density at radius 2 is 2.11 bits per heavy atom. The quantitative estimate of drug-likeness (QED) is 0.782. The van der Waals surface area contributed by atoms with Crippen molar-refractivity contribution in [3.8, 4) is 0 Å². The third-order valence-corrected chi connectivity index (χ3v) is 4.11. The summed E-state index contributed by atoms with van der Waals surface area (Å²) >= 11 is 6.17. The number of hydrogen-bond donors (Lipinski definition) is 0. The van der Waals surface area contributed by atoms with Gasteiger partial charge in [0.05, 0.1) is 6.20 Å². The Morgan fingerprint density at radius 3 is 2.83 bits per heavy atom. The third kappa shape index (κ3) is 2.17. The largest absolute Gasteiger partial charge is 0.356 e. The highest BCUT2D eigenvalue weighted by molar-refractivity contribution is 6.20. The molecule has 1 saturated heterocycles. The molecule has 0 aliphatic carbocycles. The van der Waals surface area contributed by atoms with E-state index in [4.69, 9.17) is 11.6 Å². The summed E-state index contributed by atoms with van der Waals surface area (Å²) < 4.78 is 1.79. The lowest BCUT2D eigenvalue weighted by molar-refractivity contribution is 0.399. The Balaban J connectivity index is 1.75. The predicted octanol–water partition coefficient (Wildman–Crippen LogP) is 2.57. The van der Waals surface area contributed by atoms with Crippen LogP contribution in [0.4, 0.5) is 5.82 Å². The van der Waals surface area contributed by atoms with Gasteiger partial charge in [0.2, 0.25) is 0 Å². The van der Waals surface area contributed by atoms with E-state index < -0.39 is 0 Å². The topological polar surface area (TPSA) is 33.4 Å². The maximum Gasteiger partial charge on any atom is 0.157 e. The van der Waals surface area contributed by atoms with Crippen LogP contribution >= 0.6 is 11.6 Å². The molecule has 3 rings (SSSR count). The molecule has 0 aromatic carbocycles. The Hall–Kier alpha value is -1.29. The van der Waals surface area contributed by atoms with Gasteiger partial charge in [-0.25, -0.2) is 9.50 Å². The molecular formula is C13H17ClN4. The molecule has 1 unspecified atom stereocenters. The van der Waals surface area contributed by atoms with Gasteiger partial charge in [0, 0.05) is 30.7 Å². The number of anilines is 1. The van der Waals surface area contributed by atoms with Crippen molar-refractivity contribution in [2.24, 2.45) is 5.92 Å². The number of piperidine rings is 1. The van der Waals surface area contributed by atoms with Gasteiger partial charge in [-0.2, -0.15) is 5.10 Å². The fraction of sp³-hybridized carbons (Fsp3) is 0.538. The monoisotopic (exact) mass is 264 g/mol. The van der Waals surface area contributed by atoms with E-state index in [0.29, 0.717) is 5.92 Å². The standard InChI is InChI=1S/C13H17ClN4/c1-10(14)11-3-7-17(8-4-11)12-5-9-18-13(16-12)2-6-15-18/h2,5-6,9-11H,3-4,7-8H2,1H3. The predicted molar refractivity (Wildman–Crippen MR) is 73.2 cm³/mol. The zero-order valence-electron chi connectivity index (χ0n) is 10.5. The summed E-state index contributed by atoms with van der Waals surface area (Å²) in [5, 5.41) is 4.43. The molecule has 5 heteroatoms. The molecule has 18 heavy (non-hydrogen) atoms. The minimum absolute atomic E-state index is 0.275. The van der Waals surface area contributed by atoms with Crippen LogP contribution in [-0.2, 0) is 0 Å². The van der Waals surface area contributed by atoms with Crippen molar-refractivity contribution in [2.45, 2.75) is 25.1 Å². The van der Waals surface area contributed by atoms with Crippen molar-refractivity contribution in [3.05, 3.63) is 24.5 Å². The van der Waals surface area contributed by atoms with Gasteiger partial charge in [-0.3, -0.25) is 0 Å². The second-order valence-electron chi connectivity index (χ2n) is 4.92. The molecule has 2 aromatic rings. The normalized spacial score (nSPS) is 19.3. The van der Waals surface area contributed by atoms with Gasteiger partial charge >= 0.3 is 0 Å². The van der Waals surface area contributed by atoms with Gasteiger partial charge in [-0.05, 0) is 31.7 Å². The lowest BCUT2D eigenvalue weighted by atomic mass is 9.94. The van der Waals surface area contributed by atoms with E-state index in [1.54, 1.807) is 10.7 Å². The number of hydrogen-bond acceptors (Lipinski definition) is 3. The minimum Gasteiger partial charge on any atom is -0.356 e. The molecule has 96 valence electrons. The van der Waals surface area contributed by atoms with Crippen LogP contribution in [0.25, 0.3) is 5.65 Å². The molecule has 0 bridgehead atoms. The van der Waals surface area contributed by atoms with Crippen molar-refractivity contribution >= 4 is 23.1 Å².